The second-order valence-corrected chi connectivity index (χ2v) is 4.89. The molecule has 1 fully saturated rings. The monoisotopic (exact) mass is 284 g/mol. The predicted octanol–water partition coefficient (Wildman–Crippen LogP) is 1.28. The van der Waals surface area contributed by atoms with E-state index in [1.165, 1.54) is 0 Å². The van der Waals surface area contributed by atoms with Gasteiger partial charge >= 0.3 is 0 Å². The molecular formula is C11H13BrN2O2. The standard InChI is InChI=1S/C11H13BrN2O2/c12-9-3-6(1-2-10(9)13)11(16)14-7-4-8(15)5-7/h1-3,7-8,15H,4-5,13H2,(H,14,16). The van der Waals surface area contributed by atoms with E-state index < -0.39 is 0 Å². The smallest absolute Gasteiger partial charge is 0.251 e. The van der Waals surface area contributed by atoms with Crippen molar-refractivity contribution in [3.8, 4) is 0 Å². The van der Waals surface area contributed by atoms with E-state index in [1.807, 2.05) is 0 Å². The molecule has 1 amide bonds. The van der Waals surface area contributed by atoms with Crippen LogP contribution >= 0.6 is 15.9 Å². The summed E-state index contributed by atoms with van der Waals surface area (Å²) in [6.45, 7) is 0. The molecule has 4 nitrogen and oxygen atoms in total. The number of nitrogens with two attached hydrogens (primary N) is 1. The molecule has 4 N–H and O–H groups in total. The van der Waals surface area contributed by atoms with Crippen LogP contribution in [-0.2, 0) is 0 Å². The van der Waals surface area contributed by atoms with Gasteiger partial charge in [0, 0.05) is 21.8 Å². The normalized spacial score (nSPS) is 23.6. The van der Waals surface area contributed by atoms with Gasteiger partial charge in [0.1, 0.15) is 0 Å². The van der Waals surface area contributed by atoms with Crippen LogP contribution in [0.2, 0.25) is 0 Å². The molecule has 0 spiro atoms. The predicted molar refractivity (Wildman–Crippen MR) is 65.0 cm³/mol. The third kappa shape index (κ3) is 2.36. The van der Waals surface area contributed by atoms with Crippen LogP contribution in [0, 0.1) is 0 Å². The van der Waals surface area contributed by atoms with Gasteiger partial charge in [-0.1, -0.05) is 0 Å². The van der Waals surface area contributed by atoms with E-state index in [9.17, 15) is 4.79 Å². The van der Waals surface area contributed by atoms with Crippen molar-refractivity contribution in [3.63, 3.8) is 0 Å². The van der Waals surface area contributed by atoms with Crippen molar-refractivity contribution in [2.75, 3.05) is 5.73 Å². The van der Waals surface area contributed by atoms with Crippen LogP contribution in [0.15, 0.2) is 22.7 Å². The molecule has 0 aromatic heterocycles. The van der Waals surface area contributed by atoms with Crippen molar-refractivity contribution in [2.24, 2.45) is 0 Å². The van der Waals surface area contributed by atoms with Gasteiger partial charge in [-0.2, -0.15) is 0 Å². The van der Waals surface area contributed by atoms with E-state index in [1.54, 1.807) is 18.2 Å². The summed E-state index contributed by atoms with van der Waals surface area (Å²) in [5.41, 5.74) is 6.81. The van der Waals surface area contributed by atoms with Crippen molar-refractivity contribution in [1.29, 1.82) is 0 Å². The largest absolute Gasteiger partial charge is 0.398 e. The number of hydrogen-bond acceptors (Lipinski definition) is 3. The summed E-state index contributed by atoms with van der Waals surface area (Å²) in [5.74, 6) is -0.127. The minimum atomic E-state index is -0.261. The molecule has 1 aromatic rings. The number of halogens is 1. The van der Waals surface area contributed by atoms with Crippen LogP contribution in [0.25, 0.3) is 0 Å². The average molecular weight is 285 g/mol. The van der Waals surface area contributed by atoms with Gasteiger partial charge < -0.3 is 16.2 Å². The fraction of sp³-hybridized carbons (Fsp3) is 0.364. The molecule has 0 heterocycles. The van der Waals surface area contributed by atoms with Crippen LogP contribution in [0.1, 0.15) is 23.2 Å². The van der Waals surface area contributed by atoms with Crippen LogP contribution in [-0.4, -0.2) is 23.2 Å². The molecule has 5 heteroatoms. The van der Waals surface area contributed by atoms with Crippen molar-refractivity contribution < 1.29 is 9.90 Å². The Hall–Kier alpha value is -1.07. The third-order valence-corrected chi connectivity index (χ3v) is 3.40. The summed E-state index contributed by atoms with van der Waals surface area (Å²) < 4.78 is 0.716. The van der Waals surface area contributed by atoms with Gasteiger partial charge in [0.05, 0.1) is 6.10 Å². The molecule has 0 unspecified atom stereocenters. The summed E-state index contributed by atoms with van der Waals surface area (Å²) in [6.07, 6.45) is 1.02. The number of hydrogen-bond donors (Lipinski definition) is 3. The summed E-state index contributed by atoms with van der Waals surface area (Å²) in [7, 11) is 0. The highest BCUT2D eigenvalue weighted by molar-refractivity contribution is 9.10. The van der Waals surface area contributed by atoms with Crippen LogP contribution in [0.5, 0.6) is 0 Å². The van der Waals surface area contributed by atoms with E-state index in [4.69, 9.17) is 10.8 Å². The molecular weight excluding hydrogens is 272 g/mol. The number of nitrogens with one attached hydrogen (secondary N) is 1. The molecule has 1 saturated carbocycles. The molecule has 0 saturated heterocycles. The minimum absolute atomic E-state index is 0.0961. The Bertz CT molecular complexity index is 416. The maximum absolute atomic E-state index is 11.8. The number of anilines is 1. The Labute approximate surface area is 102 Å². The number of aliphatic hydroxyl groups excluding tert-OH is 1. The quantitative estimate of drug-likeness (QED) is 0.717. The Morgan fingerprint density at radius 3 is 2.75 bits per heavy atom. The lowest BCUT2D eigenvalue weighted by molar-refractivity contribution is 0.0562. The highest BCUT2D eigenvalue weighted by Gasteiger charge is 2.28. The van der Waals surface area contributed by atoms with Gasteiger partial charge in [0.2, 0.25) is 0 Å². The molecule has 0 aliphatic heterocycles. The SMILES string of the molecule is Nc1ccc(C(=O)NC2CC(O)C2)cc1Br. The number of benzene rings is 1. The molecule has 1 aliphatic rings. The topological polar surface area (TPSA) is 75.4 Å². The van der Waals surface area contributed by atoms with E-state index in [0.29, 0.717) is 28.6 Å². The van der Waals surface area contributed by atoms with Crippen molar-refractivity contribution in [3.05, 3.63) is 28.2 Å². The van der Waals surface area contributed by atoms with Crippen molar-refractivity contribution in [1.82, 2.24) is 5.32 Å². The number of carbonyl (C=O) groups is 1. The third-order valence-electron chi connectivity index (χ3n) is 2.71. The second-order valence-electron chi connectivity index (χ2n) is 4.03. The maximum Gasteiger partial charge on any atom is 0.251 e. The molecule has 2 rings (SSSR count). The number of aliphatic hydroxyl groups is 1. The first kappa shape index (κ1) is 11.4. The minimum Gasteiger partial charge on any atom is -0.398 e. The van der Waals surface area contributed by atoms with Gasteiger partial charge in [-0.05, 0) is 47.0 Å². The Balaban J connectivity index is 2.01. The molecule has 1 aromatic carbocycles. The van der Waals surface area contributed by atoms with Gasteiger partial charge in [-0.25, -0.2) is 0 Å². The number of nitrogen functional groups attached to an aromatic ring is 1. The van der Waals surface area contributed by atoms with Gasteiger partial charge in [-0.15, -0.1) is 0 Å². The molecule has 16 heavy (non-hydrogen) atoms. The maximum atomic E-state index is 11.8. The average Bonchev–Trinajstić information content (AvgIpc) is 2.19. The molecule has 86 valence electrons. The van der Waals surface area contributed by atoms with Crippen LogP contribution in [0.3, 0.4) is 0 Å². The van der Waals surface area contributed by atoms with Crippen LogP contribution in [0.4, 0.5) is 5.69 Å². The van der Waals surface area contributed by atoms with Crippen molar-refractivity contribution >= 4 is 27.5 Å². The first-order valence-electron chi connectivity index (χ1n) is 5.10. The molecule has 0 atom stereocenters. The number of amides is 1. The summed E-state index contributed by atoms with van der Waals surface area (Å²) >= 11 is 3.28. The van der Waals surface area contributed by atoms with Crippen LogP contribution < -0.4 is 11.1 Å². The van der Waals surface area contributed by atoms with E-state index in [-0.39, 0.29) is 18.1 Å². The van der Waals surface area contributed by atoms with E-state index >= 15 is 0 Å². The Morgan fingerprint density at radius 1 is 1.50 bits per heavy atom. The first-order valence-corrected chi connectivity index (χ1v) is 5.89. The lowest BCUT2D eigenvalue weighted by atomic mass is 9.89. The zero-order valence-corrected chi connectivity index (χ0v) is 10.2. The number of rotatable bonds is 2. The van der Waals surface area contributed by atoms with Gasteiger partial charge in [0.15, 0.2) is 0 Å². The van der Waals surface area contributed by atoms with E-state index in [0.717, 1.165) is 0 Å². The van der Waals surface area contributed by atoms with Crippen molar-refractivity contribution in [2.45, 2.75) is 25.0 Å². The molecule has 0 radical (unpaired) electrons. The van der Waals surface area contributed by atoms with E-state index in [2.05, 4.69) is 21.2 Å². The summed E-state index contributed by atoms with van der Waals surface area (Å²) in [4.78, 5) is 11.8. The second kappa shape index (κ2) is 4.43. The van der Waals surface area contributed by atoms with Gasteiger partial charge in [-0.3, -0.25) is 4.79 Å². The zero-order chi connectivity index (χ0) is 11.7. The fourth-order valence-corrected chi connectivity index (χ4v) is 2.02. The summed E-state index contributed by atoms with van der Waals surface area (Å²) in [6, 6.07) is 5.16. The lowest BCUT2D eigenvalue weighted by Crippen LogP contribution is -2.46. The first-order chi connectivity index (χ1) is 7.56. The zero-order valence-electron chi connectivity index (χ0n) is 8.61. The Kier molecular flexibility index (Phi) is 3.16. The molecule has 1 aliphatic carbocycles. The number of carbonyl (C=O) groups excluding carboxylic acids is 1. The van der Waals surface area contributed by atoms with Gasteiger partial charge in [0.25, 0.3) is 5.91 Å². The highest BCUT2D eigenvalue weighted by atomic mass is 79.9. The summed E-state index contributed by atoms with van der Waals surface area (Å²) in [5, 5.41) is 12.0. The Morgan fingerprint density at radius 2 is 2.19 bits per heavy atom. The fourth-order valence-electron chi connectivity index (χ4n) is 1.64. The molecule has 0 bridgehead atoms. The lowest BCUT2D eigenvalue weighted by Gasteiger charge is -2.31. The highest BCUT2D eigenvalue weighted by Crippen LogP contribution is 2.22.